The molecule has 1 unspecified atom stereocenters. The lowest BCUT2D eigenvalue weighted by Crippen LogP contribution is -2.11. The van der Waals surface area contributed by atoms with Gasteiger partial charge in [-0.05, 0) is 40.9 Å². The molecule has 88 valence electrons. The second-order valence-corrected chi connectivity index (χ2v) is 4.39. The highest BCUT2D eigenvalue weighted by Crippen LogP contribution is 2.41. The first-order valence-corrected chi connectivity index (χ1v) is 5.63. The zero-order valence-electron chi connectivity index (χ0n) is 8.99. The molecule has 0 amide bonds. The van der Waals surface area contributed by atoms with Gasteiger partial charge in [-0.1, -0.05) is 6.92 Å². The number of carbonyl (C=O) groups is 1. The van der Waals surface area contributed by atoms with Crippen LogP contribution in [0.5, 0.6) is 11.5 Å². The van der Waals surface area contributed by atoms with Crippen LogP contribution in [0.1, 0.15) is 30.4 Å². The van der Waals surface area contributed by atoms with Crippen LogP contribution in [-0.4, -0.2) is 21.3 Å². The highest BCUT2D eigenvalue weighted by Gasteiger charge is 2.24. The molecular formula is C11H13BrO4. The molecule has 5 heteroatoms. The number of carboxylic acid groups (broad SMARTS) is 1. The Morgan fingerprint density at radius 1 is 1.44 bits per heavy atom. The molecule has 0 spiro atoms. The van der Waals surface area contributed by atoms with Gasteiger partial charge in [-0.25, -0.2) is 0 Å². The highest BCUT2D eigenvalue weighted by atomic mass is 79.9. The summed E-state index contributed by atoms with van der Waals surface area (Å²) in [5.74, 6) is -2.04. The van der Waals surface area contributed by atoms with Gasteiger partial charge in [0.2, 0.25) is 0 Å². The third-order valence-electron chi connectivity index (χ3n) is 2.52. The normalized spacial score (nSPS) is 12.4. The number of phenolic OH excluding ortho intramolecular Hbond substituents is 2. The maximum Gasteiger partial charge on any atom is 0.311 e. The Bertz CT molecular complexity index is 428. The topological polar surface area (TPSA) is 77.8 Å². The van der Waals surface area contributed by atoms with Crippen LogP contribution >= 0.6 is 15.9 Å². The second-order valence-electron chi connectivity index (χ2n) is 3.59. The van der Waals surface area contributed by atoms with Crippen LogP contribution in [0.2, 0.25) is 0 Å². The molecule has 0 fully saturated rings. The number of hydrogen-bond donors (Lipinski definition) is 3. The fourth-order valence-electron chi connectivity index (χ4n) is 1.58. The van der Waals surface area contributed by atoms with Crippen molar-refractivity contribution in [2.24, 2.45) is 0 Å². The molecule has 1 atom stereocenters. The van der Waals surface area contributed by atoms with E-state index < -0.39 is 11.9 Å². The quantitative estimate of drug-likeness (QED) is 0.799. The van der Waals surface area contributed by atoms with E-state index in [-0.39, 0.29) is 16.0 Å². The molecule has 0 aliphatic carbocycles. The Kier molecular flexibility index (Phi) is 3.80. The Balaban J connectivity index is 3.39. The number of halogens is 1. The number of carboxylic acids is 1. The molecule has 0 aromatic heterocycles. The van der Waals surface area contributed by atoms with Crippen molar-refractivity contribution in [1.82, 2.24) is 0 Å². The number of aryl methyl sites for hydroxylation is 1. The fraction of sp³-hybridized carbons (Fsp3) is 0.364. The van der Waals surface area contributed by atoms with Crippen molar-refractivity contribution in [2.75, 3.05) is 0 Å². The summed E-state index contributed by atoms with van der Waals surface area (Å²) in [5, 5.41) is 28.3. The van der Waals surface area contributed by atoms with E-state index in [1.54, 1.807) is 13.8 Å². The second kappa shape index (κ2) is 4.74. The minimum Gasteiger partial charge on any atom is -0.506 e. The fourth-order valence-corrected chi connectivity index (χ4v) is 2.12. The van der Waals surface area contributed by atoms with E-state index in [4.69, 9.17) is 5.11 Å². The van der Waals surface area contributed by atoms with Crippen LogP contribution in [-0.2, 0) is 4.79 Å². The van der Waals surface area contributed by atoms with Crippen LogP contribution in [0.25, 0.3) is 0 Å². The maximum absolute atomic E-state index is 11.0. The van der Waals surface area contributed by atoms with Gasteiger partial charge in [0, 0.05) is 5.56 Å². The molecule has 0 aliphatic heterocycles. The first-order valence-electron chi connectivity index (χ1n) is 4.83. The zero-order valence-corrected chi connectivity index (χ0v) is 10.6. The third kappa shape index (κ3) is 2.14. The SMILES string of the molecule is CCC(C(=O)O)c1cc(C)c(O)c(Br)c1O. The average molecular weight is 289 g/mol. The Labute approximate surface area is 102 Å². The van der Waals surface area contributed by atoms with Gasteiger partial charge in [0.25, 0.3) is 0 Å². The number of phenols is 2. The predicted octanol–water partition coefficient (Wildman–Crippen LogP) is 2.75. The van der Waals surface area contributed by atoms with E-state index in [0.717, 1.165) is 0 Å². The number of benzene rings is 1. The van der Waals surface area contributed by atoms with E-state index in [1.165, 1.54) is 6.07 Å². The van der Waals surface area contributed by atoms with E-state index in [0.29, 0.717) is 17.5 Å². The van der Waals surface area contributed by atoms with Gasteiger partial charge in [-0.2, -0.15) is 0 Å². The summed E-state index contributed by atoms with van der Waals surface area (Å²) in [7, 11) is 0. The van der Waals surface area contributed by atoms with Gasteiger partial charge < -0.3 is 15.3 Å². The van der Waals surface area contributed by atoms with Gasteiger partial charge in [0.1, 0.15) is 16.0 Å². The lowest BCUT2D eigenvalue weighted by molar-refractivity contribution is -0.138. The largest absolute Gasteiger partial charge is 0.506 e. The van der Waals surface area contributed by atoms with Crippen molar-refractivity contribution in [3.63, 3.8) is 0 Å². The summed E-state index contributed by atoms with van der Waals surface area (Å²) in [6, 6.07) is 1.50. The molecule has 0 heterocycles. The molecule has 0 saturated carbocycles. The molecule has 0 radical (unpaired) electrons. The van der Waals surface area contributed by atoms with Gasteiger partial charge in [0.05, 0.1) is 5.92 Å². The molecule has 0 aliphatic rings. The van der Waals surface area contributed by atoms with Gasteiger partial charge in [0.15, 0.2) is 0 Å². The molecule has 0 bridgehead atoms. The summed E-state index contributed by atoms with van der Waals surface area (Å²) in [6.45, 7) is 3.38. The molecule has 1 rings (SSSR count). The number of hydrogen-bond acceptors (Lipinski definition) is 3. The van der Waals surface area contributed by atoms with E-state index >= 15 is 0 Å². The van der Waals surface area contributed by atoms with Crippen molar-refractivity contribution >= 4 is 21.9 Å². The van der Waals surface area contributed by atoms with Crippen LogP contribution in [0.15, 0.2) is 10.5 Å². The summed E-state index contributed by atoms with van der Waals surface area (Å²) >= 11 is 3.03. The minimum atomic E-state index is -0.991. The first kappa shape index (κ1) is 12.8. The minimum absolute atomic E-state index is 0.0681. The van der Waals surface area contributed by atoms with Crippen LogP contribution in [0.3, 0.4) is 0 Å². The van der Waals surface area contributed by atoms with Crippen LogP contribution < -0.4 is 0 Å². The predicted molar refractivity (Wildman–Crippen MR) is 62.9 cm³/mol. The molecule has 0 saturated heterocycles. The Morgan fingerprint density at radius 2 is 2.00 bits per heavy atom. The lowest BCUT2D eigenvalue weighted by Gasteiger charge is -2.15. The van der Waals surface area contributed by atoms with Crippen LogP contribution in [0.4, 0.5) is 0 Å². The number of aliphatic carboxylic acids is 1. The summed E-state index contributed by atoms with van der Waals surface area (Å²) in [5.41, 5.74) is 0.844. The molecule has 1 aromatic carbocycles. The lowest BCUT2D eigenvalue weighted by atomic mass is 9.94. The standard InChI is InChI=1S/C11H13BrO4/c1-3-6(11(15)16)7-4-5(2)9(13)8(12)10(7)14/h4,6,13-14H,3H2,1-2H3,(H,15,16). The maximum atomic E-state index is 11.0. The summed E-state index contributed by atoms with van der Waals surface area (Å²) in [4.78, 5) is 11.0. The molecule has 4 nitrogen and oxygen atoms in total. The monoisotopic (exact) mass is 288 g/mol. The first-order chi connectivity index (χ1) is 7.40. The zero-order chi connectivity index (χ0) is 12.5. The molecular weight excluding hydrogens is 276 g/mol. The Hall–Kier alpha value is -1.23. The highest BCUT2D eigenvalue weighted by molar-refractivity contribution is 9.10. The average Bonchev–Trinajstić information content (AvgIpc) is 2.23. The number of rotatable bonds is 3. The van der Waals surface area contributed by atoms with Crippen molar-refractivity contribution in [3.05, 3.63) is 21.7 Å². The van der Waals surface area contributed by atoms with Crippen molar-refractivity contribution in [2.45, 2.75) is 26.2 Å². The smallest absolute Gasteiger partial charge is 0.311 e. The third-order valence-corrected chi connectivity index (χ3v) is 3.27. The molecule has 16 heavy (non-hydrogen) atoms. The summed E-state index contributed by atoms with van der Waals surface area (Å²) in [6.07, 6.45) is 0.375. The van der Waals surface area contributed by atoms with E-state index in [1.807, 2.05) is 0 Å². The van der Waals surface area contributed by atoms with Crippen molar-refractivity contribution in [1.29, 1.82) is 0 Å². The Morgan fingerprint density at radius 3 is 2.44 bits per heavy atom. The summed E-state index contributed by atoms with van der Waals surface area (Å²) < 4.78 is 0.141. The van der Waals surface area contributed by atoms with Gasteiger partial charge >= 0.3 is 5.97 Å². The van der Waals surface area contributed by atoms with Gasteiger partial charge in [-0.3, -0.25) is 4.79 Å². The van der Waals surface area contributed by atoms with Gasteiger partial charge in [-0.15, -0.1) is 0 Å². The molecule has 1 aromatic rings. The van der Waals surface area contributed by atoms with E-state index in [9.17, 15) is 15.0 Å². The van der Waals surface area contributed by atoms with Crippen molar-refractivity contribution < 1.29 is 20.1 Å². The molecule has 3 N–H and O–H groups in total. The van der Waals surface area contributed by atoms with Crippen molar-refractivity contribution in [3.8, 4) is 11.5 Å². The van der Waals surface area contributed by atoms with Crippen LogP contribution in [0, 0.1) is 6.92 Å². The number of aromatic hydroxyl groups is 2. The van der Waals surface area contributed by atoms with E-state index in [2.05, 4.69) is 15.9 Å².